The van der Waals surface area contributed by atoms with Gasteiger partial charge >= 0.3 is 0 Å². The Labute approximate surface area is 83.9 Å². The number of carbonyl (C=O) groups is 1. The van der Waals surface area contributed by atoms with Crippen molar-refractivity contribution in [2.24, 2.45) is 5.92 Å². The Kier molecular flexibility index (Phi) is 2.38. The van der Waals surface area contributed by atoms with E-state index >= 15 is 0 Å². The number of carbonyl (C=O) groups excluding carboxylic acids is 1. The third-order valence-electron chi connectivity index (χ3n) is 2.87. The van der Waals surface area contributed by atoms with Crippen LogP contribution >= 0.6 is 0 Å². The van der Waals surface area contributed by atoms with Gasteiger partial charge in [-0.15, -0.1) is 0 Å². The molecule has 2 nitrogen and oxygen atoms in total. The molecule has 2 rings (SSSR count). The van der Waals surface area contributed by atoms with E-state index in [9.17, 15) is 4.79 Å². The molecule has 0 aliphatic heterocycles. The van der Waals surface area contributed by atoms with E-state index < -0.39 is 0 Å². The van der Waals surface area contributed by atoms with Gasteiger partial charge in [-0.05, 0) is 12.0 Å². The minimum Gasteiger partial charge on any atom is -0.377 e. The lowest BCUT2D eigenvalue weighted by atomic mass is 9.82. The molecule has 0 aromatic heterocycles. The third-order valence-corrected chi connectivity index (χ3v) is 2.87. The van der Waals surface area contributed by atoms with Crippen LogP contribution in [0.5, 0.6) is 0 Å². The summed E-state index contributed by atoms with van der Waals surface area (Å²) in [7, 11) is 1.70. The molecular weight excluding hydrogens is 176 g/mol. The molecule has 0 fully saturated rings. The van der Waals surface area contributed by atoms with Gasteiger partial charge in [0.1, 0.15) is 0 Å². The Balaban J connectivity index is 2.49. The molecule has 0 amide bonds. The summed E-state index contributed by atoms with van der Waals surface area (Å²) < 4.78 is 5.38. The van der Waals surface area contributed by atoms with Gasteiger partial charge in [0.25, 0.3) is 0 Å². The number of rotatable bonds is 1. The summed E-state index contributed by atoms with van der Waals surface area (Å²) in [5.74, 6) is 0.323. The van der Waals surface area contributed by atoms with Gasteiger partial charge in [0.15, 0.2) is 5.78 Å². The summed E-state index contributed by atoms with van der Waals surface area (Å²) >= 11 is 0. The molecule has 0 heterocycles. The second-order valence-corrected chi connectivity index (χ2v) is 3.81. The Morgan fingerprint density at radius 2 is 2.07 bits per heavy atom. The van der Waals surface area contributed by atoms with Crippen molar-refractivity contribution in [1.82, 2.24) is 0 Å². The van der Waals surface area contributed by atoms with Gasteiger partial charge in [-0.3, -0.25) is 4.79 Å². The van der Waals surface area contributed by atoms with Crippen LogP contribution in [0.4, 0.5) is 0 Å². The van der Waals surface area contributed by atoms with E-state index in [1.807, 2.05) is 31.2 Å². The first-order chi connectivity index (χ1) is 6.74. The molecule has 2 heteroatoms. The topological polar surface area (TPSA) is 26.3 Å². The number of fused-ring (bicyclic) bond motifs is 1. The summed E-state index contributed by atoms with van der Waals surface area (Å²) in [4.78, 5) is 11.8. The van der Waals surface area contributed by atoms with Gasteiger partial charge in [0, 0.05) is 18.6 Å². The second kappa shape index (κ2) is 3.54. The van der Waals surface area contributed by atoms with Crippen LogP contribution in [0.1, 0.15) is 35.4 Å². The van der Waals surface area contributed by atoms with Crippen LogP contribution in [0, 0.1) is 5.92 Å². The summed E-state index contributed by atoms with van der Waals surface area (Å²) in [5.41, 5.74) is 1.87. The van der Waals surface area contributed by atoms with E-state index in [1.165, 1.54) is 0 Å². The normalized spacial score (nSPS) is 26.0. The predicted molar refractivity (Wildman–Crippen MR) is 54.3 cm³/mol. The van der Waals surface area contributed by atoms with Crippen molar-refractivity contribution in [1.29, 1.82) is 0 Å². The van der Waals surface area contributed by atoms with Crippen LogP contribution in [0.3, 0.4) is 0 Å². The Morgan fingerprint density at radius 3 is 2.79 bits per heavy atom. The minimum atomic E-state index is 0.0786. The average molecular weight is 190 g/mol. The van der Waals surface area contributed by atoms with Crippen molar-refractivity contribution in [3.8, 4) is 0 Å². The molecule has 0 saturated carbocycles. The summed E-state index contributed by atoms with van der Waals surface area (Å²) in [5, 5.41) is 0. The van der Waals surface area contributed by atoms with Crippen LogP contribution in [-0.2, 0) is 4.74 Å². The molecule has 1 aliphatic rings. The lowest BCUT2D eigenvalue weighted by Crippen LogP contribution is -2.24. The number of hydrogen-bond donors (Lipinski definition) is 0. The number of hydrogen-bond acceptors (Lipinski definition) is 2. The van der Waals surface area contributed by atoms with Crippen LogP contribution in [0.25, 0.3) is 0 Å². The number of methoxy groups -OCH3 is 1. The van der Waals surface area contributed by atoms with Crippen molar-refractivity contribution < 1.29 is 9.53 Å². The molecule has 1 aromatic carbocycles. The molecule has 1 aliphatic carbocycles. The van der Waals surface area contributed by atoms with Gasteiger partial charge in [-0.1, -0.05) is 31.2 Å². The summed E-state index contributed by atoms with van der Waals surface area (Å²) in [6.07, 6.45) is 0.880. The lowest BCUT2D eigenvalue weighted by molar-refractivity contribution is 0.0613. The fourth-order valence-electron chi connectivity index (χ4n) is 2.05. The largest absolute Gasteiger partial charge is 0.377 e. The number of ketones is 1. The first kappa shape index (κ1) is 9.41. The van der Waals surface area contributed by atoms with Gasteiger partial charge in [-0.2, -0.15) is 0 Å². The van der Waals surface area contributed by atoms with Gasteiger partial charge in [-0.25, -0.2) is 0 Å². The van der Waals surface area contributed by atoms with Crippen molar-refractivity contribution >= 4 is 5.78 Å². The molecule has 0 bridgehead atoms. The molecule has 1 unspecified atom stereocenters. The highest BCUT2D eigenvalue weighted by molar-refractivity contribution is 6.00. The zero-order chi connectivity index (χ0) is 10.1. The van der Waals surface area contributed by atoms with Crippen LogP contribution < -0.4 is 0 Å². The Morgan fingerprint density at radius 1 is 1.36 bits per heavy atom. The monoisotopic (exact) mass is 190 g/mol. The quantitative estimate of drug-likeness (QED) is 0.680. The SMILES string of the molecule is COC1C[C@@H](C)C(=O)c2ccccc21. The maximum atomic E-state index is 11.8. The van der Waals surface area contributed by atoms with Crippen molar-refractivity contribution in [2.75, 3.05) is 7.11 Å². The average Bonchev–Trinajstić information content (AvgIpc) is 2.23. The zero-order valence-corrected chi connectivity index (χ0v) is 8.49. The second-order valence-electron chi connectivity index (χ2n) is 3.81. The van der Waals surface area contributed by atoms with Crippen LogP contribution in [0.15, 0.2) is 24.3 Å². The Bertz CT molecular complexity index is 357. The number of Topliss-reactive ketones (excluding diaryl/α,β-unsaturated/α-hetero) is 1. The van der Waals surface area contributed by atoms with E-state index in [2.05, 4.69) is 0 Å². The molecule has 0 N–H and O–H groups in total. The first-order valence-electron chi connectivity index (χ1n) is 4.90. The molecule has 0 spiro atoms. The first-order valence-corrected chi connectivity index (χ1v) is 4.90. The number of benzene rings is 1. The third kappa shape index (κ3) is 1.36. The minimum absolute atomic E-state index is 0.0786. The van der Waals surface area contributed by atoms with Crippen LogP contribution in [-0.4, -0.2) is 12.9 Å². The summed E-state index contributed by atoms with van der Waals surface area (Å²) in [6, 6.07) is 7.72. The maximum absolute atomic E-state index is 11.8. The summed E-state index contributed by atoms with van der Waals surface area (Å²) in [6.45, 7) is 1.96. The van der Waals surface area contributed by atoms with Crippen molar-refractivity contribution in [3.05, 3.63) is 35.4 Å². The predicted octanol–water partition coefficient (Wildman–Crippen LogP) is 2.60. The Hall–Kier alpha value is -1.15. The highest BCUT2D eigenvalue weighted by Gasteiger charge is 2.30. The van der Waals surface area contributed by atoms with E-state index in [0.717, 1.165) is 17.5 Å². The van der Waals surface area contributed by atoms with Crippen molar-refractivity contribution in [2.45, 2.75) is 19.4 Å². The highest BCUT2D eigenvalue weighted by atomic mass is 16.5. The fourth-order valence-corrected chi connectivity index (χ4v) is 2.05. The van der Waals surface area contributed by atoms with Crippen LogP contribution in [0.2, 0.25) is 0 Å². The van der Waals surface area contributed by atoms with Crippen molar-refractivity contribution in [3.63, 3.8) is 0 Å². The molecular formula is C12H14O2. The van der Waals surface area contributed by atoms with Gasteiger partial charge in [0.2, 0.25) is 0 Å². The lowest BCUT2D eigenvalue weighted by Gasteiger charge is -2.27. The standard InChI is InChI=1S/C12H14O2/c1-8-7-11(14-2)9-5-3-4-6-10(9)12(8)13/h3-6,8,11H,7H2,1-2H3/t8-,11?/m1/s1. The smallest absolute Gasteiger partial charge is 0.166 e. The number of ether oxygens (including phenoxy) is 1. The van der Waals surface area contributed by atoms with Gasteiger partial charge in [0.05, 0.1) is 6.10 Å². The molecule has 14 heavy (non-hydrogen) atoms. The van der Waals surface area contributed by atoms with E-state index in [-0.39, 0.29) is 17.8 Å². The zero-order valence-electron chi connectivity index (χ0n) is 8.49. The molecule has 74 valence electrons. The highest BCUT2D eigenvalue weighted by Crippen LogP contribution is 2.34. The molecule has 2 atom stereocenters. The maximum Gasteiger partial charge on any atom is 0.166 e. The van der Waals surface area contributed by atoms with E-state index in [1.54, 1.807) is 7.11 Å². The van der Waals surface area contributed by atoms with Gasteiger partial charge < -0.3 is 4.74 Å². The van der Waals surface area contributed by atoms with E-state index in [0.29, 0.717) is 0 Å². The van der Waals surface area contributed by atoms with E-state index in [4.69, 9.17) is 4.74 Å². The molecule has 0 saturated heterocycles. The fraction of sp³-hybridized carbons (Fsp3) is 0.417. The molecule has 1 aromatic rings. The molecule has 0 radical (unpaired) electrons.